The van der Waals surface area contributed by atoms with E-state index >= 15 is 0 Å². The van der Waals surface area contributed by atoms with Gasteiger partial charge in [0.05, 0.1) is 24.9 Å². The van der Waals surface area contributed by atoms with Crippen LogP contribution < -0.4 is 20.5 Å². The van der Waals surface area contributed by atoms with Gasteiger partial charge in [-0.25, -0.2) is 10.4 Å². The first-order valence-electron chi connectivity index (χ1n) is 8.37. The molecule has 0 saturated heterocycles. The Morgan fingerprint density at radius 1 is 1.37 bits per heavy atom. The Kier molecular flexibility index (Phi) is 6.86. The standard InChI is InChI=1S/C17H21N5O5/c1-4-6-27-16-13(22(24)25)7-11(8-14(16)26-3)10-18-21-17-19-12(5-2)9-15(23)20-17/h7-10H,4-6H2,1-3H3,(H2,19,20,21,23)/b18-10-. The molecule has 0 fully saturated rings. The van der Waals surface area contributed by atoms with Crippen LogP contribution in [-0.2, 0) is 6.42 Å². The van der Waals surface area contributed by atoms with Gasteiger partial charge in [-0.3, -0.25) is 19.9 Å². The number of nitro benzene ring substituents is 1. The number of nitrogens with one attached hydrogen (secondary N) is 2. The molecule has 1 heterocycles. The number of hydrogen-bond donors (Lipinski definition) is 2. The topological polar surface area (TPSA) is 132 Å². The van der Waals surface area contributed by atoms with Crippen molar-refractivity contribution in [3.8, 4) is 11.5 Å². The van der Waals surface area contributed by atoms with Crippen molar-refractivity contribution in [2.45, 2.75) is 26.7 Å². The number of aryl methyl sites for hydroxylation is 1. The summed E-state index contributed by atoms with van der Waals surface area (Å²) in [7, 11) is 1.40. The van der Waals surface area contributed by atoms with Gasteiger partial charge < -0.3 is 9.47 Å². The predicted molar refractivity (Wildman–Crippen MR) is 101 cm³/mol. The van der Waals surface area contributed by atoms with Gasteiger partial charge in [0.2, 0.25) is 11.7 Å². The third kappa shape index (κ3) is 5.27. The first-order valence-corrected chi connectivity index (χ1v) is 8.37. The lowest BCUT2D eigenvalue weighted by Gasteiger charge is -2.11. The number of ether oxygens (including phenoxy) is 2. The third-order valence-electron chi connectivity index (χ3n) is 3.47. The SMILES string of the molecule is CCCOc1c(OC)cc(/C=N\Nc2nc(CC)cc(=O)[nH]2)cc1[N+](=O)[O-]. The highest BCUT2D eigenvalue weighted by Crippen LogP contribution is 2.38. The second-order valence-electron chi connectivity index (χ2n) is 5.49. The number of anilines is 1. The predicted octanol–water partition coefficient (Wildman–Crippen LogP) is 2.48. The monoisotopic (exact) mass is 375 g/mol. The van der Waals surface area contributed by atoms with Crippen LogP contribution in [0.5, 0.6) is 11.5 Å². The lowest BCUT2D eigenvalue weighted by molar-refractivity contribution is -0.386. The van der Waals surface area contributed by atoms with Crippen molar-refractivity contribution >= 4 is 17.9 Å². The average Bonchev–Trinajstić information content (AvgIpc) is 2.65. The first kappa shape index (κ1) is 19.9. The summed E-state index contributed by atoms with van der Waals surface area (Å²) in [6, 6.07) is 4.30. The molecule has 0 atom stereocenters. The van der Waals surface area contributed by atoms with E-state index in [-0.39, 0.29) is 28.7 Å². The minimum atomic E-state index is -0.540. The van der Waals surface area contributed by atoms with Crippen LogP contribution in [-0.4, -0.2) is 34.8 Å². The van der Waals surface area contributed by atoms with Crippen LogP contribution >= 0.6 is 0 Å². The summed E-state index contributed by atoms with van der Waals surface area (Å²) in [6.07, 6.45) is 2.66. The summed E-state index contributed by atoms with van der Waals surface area (Å²) < 4.78 is 10.7. The van der Waals surface area contributed by atoms with Crippen LogP contribution in [0.1, 0.15) is 31.5 Å². The highest BCUT2D eigenvalue weighted by atomic mass is 16.6. The van der Waals surface area contributed by atoms with Gasteiger partial charge in [-0.15, -0.1) is 0 Å². The third-order valence-corrected chi connectivity index (χ3v) is 3.47. The molecule has 2 N–H and O–H groups in total. The van der Waals surface area contributed by atoms with E-state index in [1.165, 1.54) is 25.5 Å². The Hall–Kier alpha value is -3.43. The zero-order chi connectivity index (χ0) is 19.8. The Bertz CT molecular complexity index is 894. The number of hydrogen-bond acceptors (Lipinski definition) is 8. The molecule has 0 spiro atoms. The van der Waals surface area contributed by atoms with E-state index in [0.29, 0.717) is 30.7 Å². The van der Waals surface area contributed by atoms with Crippen molar-refractivity contribution < 1.29 is 14.4 Å². The lowest BCUT2D eigenvalue weighted by atomic mass is 10.2. The number of nitrogens with zero attached hydrogens (tertiary/aromatic N) is 3. The zero-order valence-electron chi connectivity index (χ0n) is 15.3. The smallest absolute Gasteiger partial charge is 0.315 e. The summed E-state index contributed by atoms with van der Waals surface area (Å²) in [5, 5.41) is 15.3. The Labute approximate surface area is 155 Å². The first-order chi connectivity index (χ1) is 13.0. The second-order valence-corrected chi connectivity index (χ2v) is 5.49. The number of aromatic amines is 1. The minimum Gasteiger partial charge on any atom is -0.493 e. The molecule has 0 aliphatic heterocycles. The fraction of sp³-hybridized carbons (Fsp3) is 0.353. The van der Waals surface area contributed by atoms with Gasteiger partial charge in [-0.2, -0.15) is 5.10 Å². The van der Waals surface area contributed by atoms with Gasteiger partial charge in [0.1, 0.15) is 0 Å². The molecule has 27 heavy (non-hydrogen) atoms. The van der Waals surface area contributed by atoms with E-state index in [4.69, 9.17) is 9.47 Å². The molecule has 0 aliphatic rings. The maximum absolute atomic E-state index is 11.5. The van der Waals surface area contributed by atoms with Gasteiger partial charge in [0, 0.05) is 23.4 Å². The molecule has 1 aromatic carbocycles. The summed E-state index contributed by atoms with van der Waals surface area (Å²) in [4.78, 5) is 29.1. The largest absolute Gasteiger partial charge is 0.493 e. The number of methoxy groups -OCH3 is 1. The molecule has 144 valence electrons. The molecule has 2 rings (SSSR count). The van der Waals surface area contributed by atoms with Crippen LogP contribution in [0, 0.1) is 10.1 Å². The molecule has 0 radical (unpaired) electrons. The van der Waals surface area contributed by atoms with Gasteiger partial charge in [-0.1, -0.05) is 13.8 Å². The van der Waals surface area contributed by atoms with Gasteiger partial charge >= 0.3 is 5.69 Å². The van der Waals surface area contributed by atoms with E-state index < -0.39 is 4.92 Å². The number of aromatic nitrogens is 2. The number of rotatable bonds is 9. The molecule has 0 amide bonds. The fourth-order valence-corrected chi connectivity index (χ4v) is 2.23. The molecule has 0 bridgehead atoms. The van der Waals surface area contributed by atoms with Crippen LogP contribution in [0.25, 0.3) is 0 Å². The molecule has 0 aliphatic carbocycles. The lowest BCUT2D eigenvalue weighted by Crippen LogP contribution is -2.11. The number of benzene rings is 1. The quantitative estimate of drug-likeness (QED) is 0.391. The molecule has 0 unspecified atom stereocenters. The molecule has 1 aromatic heterocycles. The Balaban J connectivity index is 2.29. The molecular weight excluding hydrogens is 354 g/mol. The second kappa shape index (κ2) is 9.32. The minimum absolute atomic E-state index is 0.0797. The Morgan fingerprint density at radius 3 is 2.78 bits per heavy atom. The van der Waals surface area contributed by atoms with E-state index in [9.17, 15) is 14.9 Å². The van der Waals surface area contributed by atoms with Crippen molar-refractivity contribution in [1.82, 2.24) is 9.97 Å². The Morgan fingerprint density at radius 2 is 2.15 bits per heavy atom. The highest BCUT2D eigenvalue weighted by Gasteiger charge is 2.21. The van der Waals surface area contributed by atoms with Gasteiger partial charge in [0.15, 0.2) is 5.75 Å². The van der Waals surface area contributed by atoms with E-state index in [0.717, 1.165) is 0 Å². The summed E-state index contributed by atoms with van der Waals surface area (Å²) in [5.74, 6) is 0.495. The molecule has 10 nitrogen and oxygen atoms in total. The van der Waals surface area contributed by atoms with Crippen molar-refractivity contribution in [3.63, 3.8) is 0 Å². The van der Waals surface area contributed by atoms with Crippen molar-refractivity contribution in [3.05, 3.63) is 49.9 Å². The van der Waals surface area contributed by atoms with E-state index in [1.54, 1.807) is 6.07 Å². The number of hydrazone groups is 1. The summed E-state index contributed by atoms with van der Waals surface area (Å²) in [5.41, 5.74) is 3.13. The van der Waals surface area contributed by atoms with Crippen LogP contribution in [0.15, 0.2) is 28.1 Å². The summed E-state index contributed by atoms with van der Waals surface area (Å²) >= 11 is 0. The normalized spacial score (nSPS) is 10.8. The average molecular weight is 375 g/mol. The number of nitro groups is 1. The van der Waals surface area contributed by atoms with E-state index in [2.05, 4.69) is 20.5 Å². The van der Waals surface area contributed by atoms with Crippen molar-refractivity contribution in [1.29, 1.82) is 0 Å². The molecule has 10 heteroatoms. The fourth-order valence-electron chi connectivity index (χ4n) is 2.23. The van der Waals surface area contributed by atoms with Gasteiger partial charge in [0.25, 0.3) is 5.56 Å². The number of H-pyrrole nitrogens is 1. The van der Waals surface area contributed by atoms with Crippen molar-refractivity contribution in [2.75, 3.05) is 19.1 Å². The summed E-state index contributed by atoms with van der Waals surface area (Å²) in [6.45, 7) is 4.11. The van der Waals surface area contributed by atoms with Gasteiger partial charge in [-0.05, 0) is 18.9 Å². The van der Waals surface area contributed by atoms with Crippen LogP contribution in [0.2, 0.25) is 0 Å². The van der Waals surface area contributed by atoms with E-state index in [1.807, 2.05) is 13.8 Å². The van der Waals surface area contributed by atoms with Crippen LogP contribution in [0.3, 0.4) is 0 Å². The zero-order valence-corrected chi connectivity index (χ0v) is 15.3. The van der Waals surface area contributed by atoms with Crippen molar-refractivity contribution in [2.24, 2.45) is 5.10 Å². The molecule has 0 saturated carbocycles. The van der Waals surface area contributed by atoms with Crippen LogP contribution in [0.4, 0.5) is 11.6 Å². The maximum atomic E-state index is 11.5. The maximum Gasteiger partial charge on any atom is 0.315 e. The molecular formula is C17H21N5O5. The molecule has 2 aromatic rings. The highest BCUT2D eigenvalue weighted by molar-refractivity contribution is 5.83.